The Morgan fingerprint density at radius 1 is 1.25 bits per heavy atom. The molecule has 1 saturated heterocycles. The molecule has 2 heteroatoms. The van der Waals surface area contributed by atoms with Crippen LogP contribution in [0.25, 0.3) is 0 Å². The van der Waals surface area contributed by atoms with E-state index in [9.17, 15) is 0 Å². The summed E-state index contributed by atoms with van der Waals surface area (Å²) >= 11 is 2.63. The normalized spacial score (nSPS) is 21.5. The second-order valence-electron chi connectivity index (χ2n) is 3.88. The Kier molecular flexibility index (Phi) is 5.89. The number of rotatable bonds is 4. The van der Waals surface area contributed by atoms with Gasteiger partial charge in [0.2, 0.25) is 0 Å². The molecule has 1 heterocycles. The molecule has 0 aliphatic carbocycles. The molecule has 0 nitrogen and oxygen atoms in total. The van der Waals surface area contributed by atoms with Crippen LogP contribution in [-0.2, 0) is 0 Å². The summed E-state index contributed by atoms with van der Waals surface area (Å²) in [6.07, 6.45) is 7.45. The lowest BCUT2D eigenvalue weighted by Crippen LogP contribution is -2.20. The second-order valence-corrected chi connectivity index (χ2v) is 8.64. The number of alkyl halides is 1. The van der Waals surface area contributed by atoms with Crippen molar-refractivity contribution in [3.8, 4) is 0 Å². The van der Waals surface area contributed by atoms with E-state index in [1.54, 1.807) is 18.1 Å². The first-order chi connectivity index (χ1) is 5.83. The highest BCUT2D eigenvalue weighted by atomic mass is 127. The van der Waals surface area contributed by atoms with Gasteiger partial charge in [-0.25, -0.2) is 0 Å². The van der Waals surface area contributed by atoms with E-state index in [-0.39, 0.29) is 8.80 Å². The summed E-state index contributed by atoms with van der Waals surface area (Å²) in [5.41, 5.74) is 0. The molecule has 0 aromatic carbocycles. The van der Waals surface area contributed by atoms with Gasteiger partial charge in [0.05, 0.1) is 0 Å². The third kappa shape index (κ3) is 4.26. The molecule has 71 valence electrons. The zero-order valence-electron chi connectivity index (χ0n) is 8.11. The molecule has 0 unspecified atom stereocenters. The largest absolute Gasteiger partial charge is 0.0826 e. The van der Waals surface area contributed by atoms with Gasteiger partial charge in [0, 0.05) is 12.7 Å². The first kappa shape index (κ1) is 11.0. The van der Waals surface area contributed by atoms with E-state index in [0.717, 1.165) is 3.92 Å². The lowest BCUT2D eigenvalue weighted by atomic mass is 10.3. The van der Waals surface area contributed by atoms with E-state index >= 15 is 0 Å². The van der Waals surface area contributed by atoms with Crippen molar-refractivity contribution in [1.82, 2.24) is 0 Å². The Morgan fingerprint density at radius 3 is 2.50 bits per heavy atom. The summed E-state index contributed by atoms with van der Waals surface area (Å²) in [7, 11) is 0.142. The highest BCUT2D eigenvalue weighted by Crippen LogP contribution is 2.28. The first-order valence-corrected chi connectivity index (χ1v) is 8.67. The summed E-state index contributed by atoms with van der Waals surface area (Å²) in [6, 6.07) is 4.84. The Balaban J connectivity index is 2.01. The van der Waals surface area contributed by atoms with Crippen molar-refractivity contribution < 1.29 is 0 Å². The fraction of sp³-hybridized carbons (Fsp3) is 1.00. The van der Waals surface area contributed by atoms with E-state index in [2.05, 4.69) is 29.5 Å². The van der Waals surface area contributed by atoms with Crippen LogP contribution in [0.1, 0.15) is 39.0 Å². The van der Waals surface area contributed by atoms with Crippen molar-refractivity contribution in [1.29, 1.82) is 0 Å². The summed E-state index contributed by atoms with van der Waals surface area (Å²) in [6.45, 7) is 2.30. The van der Waals surface area contributed by atoms with Gasteiger partial charge in [-0.1, -0.05) is 66.9 Å². The molecular weight excluding hydrogens is 275 g/mol. The third-order valence-electron chi connectivity index (χ3n) is 2.76. The van der Waals surface area contributed by atoms with Crippen LogP contribution in [0.3, 0.4) is 0 Å². The highest BCUT2D eigenvalue weighted by Gasteiger charge is 2.19. The smallest absolute Gasteiger partial charge is 0.0479 e. The average molecular weight is 295 g/mol. The molecule has 1 aliphatic heterocycles. The zero-order chi connectivity index (χ0) is 8.81. The van der Waals surface area contributed by atoms with E-state index in [1.807, 2.05) is 0 Å². The summed E-state index contributed by atoms with van der Waals surface area (Å²) < 4.78 is 1.02. The SMILES string of the molecule is CCCCC[Si]1CCC(I)CC1. The standard InChI is InChI=1S/C10H20ISi/c1-2-3-4-7-12-8-5-10(11)6-9-12/h10H,2-9H2,1H3. The fourth-order valence-electron chi connectivity index (χ4n) is 1.87. The Labute approximate surface area is 92.3 Å². The molecule has 1 radical (unpaired) electrons. The van der Waals surface area contributed by atoms with Gasteiger partial charge in [0.1, 0.15) is 0 Å². The minimum atomic E-state index is 0.142. The van der Waals surface area contributed by atoms with E-state index in [0.29, 0.717) is 0 Å². The molecule has 0 N–H and O–H groups in total. The molecule has 0 spiro atoms. The molecule has 0 saturated carbocycles. The minimum absolute atomic E-state index is 0.142. The predicted molar refractivity (Wildman–Crippen MR) is 66.7 cm³/mol. The van der Waals surface area contributed by atoms with Gasteiger partial charge in [0.25, 0.3) is 0 Å². The Bertz CT molecular complexity index is 108. The maximum atomic E-state index is 2.63. The highest BCUT2D eigenvalue weighted by molar-refractivity contribution is 14.1. The van der Waals surface area contributed by atoms with Crippen LogP contribution in [0.5, 0.6) is 0 Å². The molecule has 0 amide bonds. The van der Waals surface area contributed by atoms with Gasteiger partial charge < -0.3 is 0 Å². The zero-order valence-corrected chi connectivity index (χ0v) is 11.3. The molecule has 1 rings (SSSR count). The molecule has 0 aromatic heterocycles. The molecule has 1 fully saturated rings. The van der Waals surface area contributed by atoms with Crippen molar-refractivity contribution in [3.05, 3.63) is 0 Å². The van der Waals surface area contributed by atoms with Crippen molar-refractivity contribution in [2.75, 3.05) is 0 Å². The third-order valence-corrected chi connectivity index (χ3v) is 7.05. The topological polar surface area (TPSA) is 0 Å². The van der Waals surface area contributed by atoms with Crippen LogP contribution in [-0.4, -0.2) is 12.7 Å². The van der Waals surface area contributed by atoms with Crippen molar-refractivity contribution in [2.24, 2.45) is 0 Å². The van der Waals surface area contributed by atoms with Crippen molar-refractivity contribution in [2.45, 2.75) is 61.1 Å². The maximum absolute atomic E-state index is 2.63. The van der Waals surface area contributed by atoms with Gasteiger partial charge >= 0.3 is 0 Å². The van der Waals surface area contributed by atoms with Gasteiger partial charge in [-0.15, -0.1) is 0 Å². The van der Waals surface area contributed by atoms with Gasteiger partial charge in [-0.05, 0) is 12.8 Å². The summed E-state index contributed by atoms with van der Waals surface area (Å²) in [5.74, 6) is 0. The molecular formula is C10H20ISi. The number of unbranched alkanes of at least 4 members (excludes halogenated alkanes) is 2. The van der Waals surface area contributed by atoms with Gasteiger partial charge in [0.15, 0.2) is 0 Å². The lowest BCUT2D eigenvalue weighted by Gasteiger charge is -2.23. The van der Waals surface area contributed by atoms with E-state index in [4.69, 9.17) is 0 Å². The van der Waals surface area contributed by atoms with E-state index in [1.165, 1.54) is 32.1 Å². The lowest BCUT2D eigenvalue weighted by molar-refractivity contribution is 0.729. The van der Waals surface area contributed by atoms with Crippen LogP contribution in [0.15, 0.2) is 0 Å². The first-order valence-electron chi connectivity index (χ1n) is 5.30. The Hall–Kier alpha value is 0.947. The second kappa shape index (κ2) is 6.41. The van der Waals surface area contributed by atoms with Gasteiger partial charge in [-0.2, -0.15) is 0 Å². The number of halogens is 1. The van der Waals surface area contributed by atoms with Crippen molar-refractivity contribution in [3.63, 3.8) is 0 Å². The summed E-state index contributed by atoms with van der Waals surface area (Å²) in [5, 5.41) is 0. The van der Waals surface area contributed by atoms with E-state index < -0.39 is 0 Å². The van der Waals surface area contributed by atoms with Crippen LogP contribution in [0, 0.1) is 0 Å². The minimum Gasteiger partial charge on any atom is -0.0826 e. The van der Waals surface area contributed by atoms with Crippen LogP contribution < -0.4 is 0 Å². The Morgan fingerprint density at radius 2 is 1.92 bits per heavy atom. The van der Waals surface area contributed by atoms with Gasteiger partial charge in [-0.3, -0.25) is 0 Å². The summed E-state index contributed by atoms with van der Waals surface area (Å²) in [4.78, 5) is 0. The number of hydrogen-bond donors (Lipinski definition) is 0. The molecule has 0 aromatic rings. The van der Waals surface area contributed by atoms with Crippen LogP contribution in [0.4, 0.5) is 0 Å². The molecule has 0 atom stereocenters. The van der Waals surface area contributed by atoms with Crippen LogP contribution >= 0.6 is 22.6 Å². The molecule has 1 aliphatic rings. The predicted octanol–water partition coefficient (Wildman–Crippen LogP) is 4.27. The fourth-order valence-corrected chi connectivity index (χ4v) is 6.68. The average Bonchev–Trinajstić information content (AvgIpc) is 2.09. The quantitative estimate of drug-likeness (QED) is 0.314. The monoisotopic (exact) mass is 295 g/mol. The molecule has 12 heavy (non-hydrogen) atoms. The maximum Gasteiger partial charge on any atom is 0.0479 e. The van der Waals surface area contributed by atoms with Crippen LogP contribution in [0.2, 0.25) is 18.1 Å². The number of hydrogen-bond acceptors (Lipinski definition) is 0. The van der Waals surface area contributed by atoms with Crippen molar-refractivity contribution >= 4 is 31.4 Å². The molecule has 0 bridgehead atoms.